The average molecular weight is 347 g/mol. The molecule has 0 spiro atoms. The van der Waals surface area contributed by atoms with E-state index in [1.807, 2.05) is 0 Å². The number of rotatable bonds is 4. The summed E-state index contributed by atoms with van der Waals surface area (Å²) in [5.74, 6) is 0. The predicted octanol–water partition coefficient (Wildman–Crippen LogP) is -0.111. The Labute approximate surface area is 131 Å². The van der Waals surface area contributed by atoms with Crippen LogP contribution in [0, 0.1) is 0 Å². The summed E-state index contributed by atoms with van der Waals surface area (Å²) >= 11 is 0. The van der Waals surface area contributed by atoms with Gasteiger partial charge in [-0.25, -0.2) is 16.8 Å². The third kappa shape index (κ3) is 3.97. The molecular formula is C13H21N3O4S2. The quantitative estimate of drug-likeness (QED) is 0.763. The van der Waals surface area contributed by atoms with E-state index in [4.69, 9.17) is 5.73 Å². The first-order chi connectivity index (χ1) is 10.1. The molecule has 2 rings (SSSR count). The van der Waals surface area contributed by atoms with Gasteiger partial charge in [0.15, 0.2) is 9.84 Å². The van der Waals surface area contributed by atoms with Crippen molar-refractivity contribution in [2.75, 3.05) is 44.4 Å². The van der Waals surface area contributed by atoms with Crippen molar-refractivity contribution in [3.63, 3.8) is 0 Å². The first-order valence-electron chi connectivity index (χ1n) is 6.82. The molecule has 1 aromatic rings. The molecule has 1 aliphatic rings. The largest absolute Gasteiger partial charge is 0.399 e. The molecule has 0 bridgehead atoms. The Balaban J connectivity index is 2.24. The molecule has 124 valence electrons. The summed E-state index contributed by atoms with van der Waals surface area (Å²) in [6.07, 6.45) is 2.35. The number of nitrogen functional groups attached to an aromatic ring is 1. The molecule has 22 heavy (non-hydrogen) atoms. The van der Waals surface area contributed by atoms with E-state index in [-0.39, 0.29) is 0 Å². The maximum Gasteiger partial charge on any atom is 0.211 e. The summed E-state index contributed by atoms with van der Waals surface area (Å²) in [5.41, 5.74) is 6.85. The summed E-state index contributed by atoms with van der Waals surface area (Å²) in [6, 6.07) is 6.73. The van der Waals surface area contributed by atoms with Crippen molar-refractivity contribution in [1.82, 2.24) is 9.21 Å². The van der Waals surface area contributed by atoms with Crippen LogP contribution in [0.25, 0.3) is 0 Å². The Bertz CT molecular complexity index is 721. The Morgan fingerprint density at radius 1 is 0.955 bits per heavy atom. The van der Waals surface area contributed by atoms with Crippen LogP contribution in [0.3, 0.4) is 0 Å². The zero-order valence-corrected chi connectivity index (χ0v) is 14.3. The van der Waals surface area contributed by atoms with Gasteiger partial charge in [-0.05, 0) is 17.7 Å². The van der Waals surface area contributed by atoms with Gasteiger partial charge in [-0.3, -0.25) is 4.90 Å². The van der Waals surface area contributed by atoms with Crippen molar-refractivity contribution in [2.45, 2.75) is 5.37 Å². The standard InChI is InChI=1S/C13H21N3O4S2/c1-21(17,18)13(11-3-5-12(14)6-4-11)15-7-9-16(10-8-15)22(2,19)20/h3-6,13H,7-10,14H2,1-2H3. The molecular weight excluding hydrogens is 326 g/mol. The van der Waals surface area contributed by atoms with E-state index in [9.17, 15) is 16.8 Å². The second kappa shape index (κ2) is 6.15. The molecule has 1 heterocycles. The Kier molecular flexibility index (Phi) is 4.81. The number of sulfonamides is 1. The van der Waals surface area contributed by atoms with Crippen LogP contribution in [0.1, 0.15) is 10.9 Å². The van der Waals surface area contributed by atoms with Gasteiger partial charge in [0.05, 0.1) is 6.26 Å². The normalized spacial score (nSPS) is 19.9. The smallest absolute Gasteiger partial charge is 0.211 e. The van der Waals surface area contributed by atoms with E-state index in [0.29, 0.717) is 37.4 Å². The van der Waals surface area contributed by atoms with Crippen LogP contribution in [0.15, 0.2) is 24.3 Å². The van der Waals surface area contributed by atoms with E-state index in [1.54, 1.807) is 29.2 Å². The number of sulfone groups is 1. The highest BCUT2D eigenvalue weighted by molar-refractivity contribution is 7.90. The molecule has 1 fully saturated rings. The maximum absolute atomic E-state index is 12.2. The molecule has 1 unspecified atom stereocenters. The molecule has 0 amide bonds. The van der Waals surface area contributed by atoms with Gasteiger partial charge >= 0.3 is 0 Å². The van der Waals surface area contributed by atoms with E-state index < -0.39 is 25.2 Å². The highest BCUT2D eigenvalue weighted by Gasteiger charge is 2.33. The Morgan fingerprint density at radius 3 is 1.86 bits per heavy atom. The van der Waals surface area contributed by atoms with Gasteiger partial charge in [0.25, 0.3) is 0 Å². The van der Waals surface area contributed by atoms with Crippen LogP contribution in [0.5, 0.6) is 0 Å². The van der Waals surface area contributed by atoms with Crippen molar-refractivity contribution in [1.29, 1.82) is 0 Å². The van der Waals surface area contributed by atoms with Crippen molar-refractivity contribution in [2.24, 2.45) is 0 Å². The van der Waals surface area contributed by atoms with E-state index in [0.717, 1.165) is 6.26 Å². The van der Waals surface area contributed by atoms with Gasteiger partial charge in [0.2, 0.25) is 10.0 Å². The minimum atomic E-state index is -3.37. The van der Waals surface area contributed by atoms with Crippen LogP contribution >= 0.6 is 0 Å². The predicted molar refractivity (Wildman–Crippen MR) is 86.4 cm³/mol. The number of anilines is 1. The molecule has 1 saturated heterocycles. The summed E-state index contributed by atoms with van der Waals surface area (Å²) in [7, 11) is -6.61. The number of nitrogens with two attached hydrogens (primary N) is 1. The third-order valence-corrected chi connectivity index (χ3v) is 6.39. The van der Waals surface area contributed by atoms with E-state index in [2.05, 4.69) is 0 Å². The lowest BCUT2D eigenvalue weighted by Crippen LogP contribution is -2.50. The average Bonchev–Trinajstić information content (AvgIpc) is 2.39. The lowest BCUT2D eigenvalue weighted by Gasteiger charge is -2.37. The zero-order chi connectivity index (χ0) is 16.5. The van der Waals surface area contributed by atoms with Crippen LogP contribution in [-0.2, 0) is 19.9 Å². The van der Waals surface area contributed by atoms with Crippen LogP contribution in [0.4, 0.5) is 5.69 Å². The minimum Gasteiger partial charge on any atom is -0.399 e. The SMILES string of the molecule is CS(=O)(=O)C(c1ccc(N)cc1)N1CCN(S(C)(=O)=O)CC1. The van der Waals surface area contributed by atoms with Crippen LogP contribution in [0.2, 0.25) is 0 Å². The molecule has 2 N–H and O–H groups in total. The fraction of sp³-hybridized carbons (Fsp3) is 0.538. The number of nitrogens with zero attached hydrogens (tertiary/aromatic N) is 2. The second-order valence-electron chi connectivity index (χ2n) is 5.55. The van der Waals surface area contributed by atoms with Crippen molar-refractivity contribution >= 4 is 25.5 Å². The molecule has 1 atom stereocenters. The maximum atomic E-state index is 12.2. The molecule has 7 nitrogen and oxygen atoms in total. The fourth-order valence-corrected chi connectivity index (χ4v) is 4.89. The van der Waals surface area contributed by atoms with Gasteiger partial charge in [-0.2, -0.15) is 4.31 Å². The Morgan fingerprint density at radius 2 is 1.45 bits per heavy atom. The van der Waals surface area contributed by atoms with Gasteiger partial charge in [-0.15, -0.1) is 0 Å². The molecule has 9 heteroatoms. The molecule has 0 radical (unpaired) electrons. The van der Waals surface area contributed by atoms with Crippen molar-refractivity contribution in [3.8, 4) is 0 Å². The summed E-state index contributed by atoms with van der Waals surface area (Å²) < 4.78 is 48.8. The molecule has 0 saturated carbocycles. The topological polar surface area (TPSA) is 101 Å². The highest BCUT2D eigenvalue weighted by atomic mass is 32.2. The summed E-state index contributed by atoms with van der Waals surface area (Å²) in [6.45, 7) is 1.32. The third-order valence-electron chi connectivity index (χ3n) is 3.70. The van der Waals surface area contributed by atoms with Gasteiger partial charge in [0, 0.05) is 38.1 Å². The Hall–Kier alpha value is -1.16. The second-order valence-corrected chi connectivity index (χ2v) is 9.63. The molecule has 1 aromatic carbocycles. The highest BCUT2D eigenvalue weighted by Crippen LogP contribution is 2.28. The first-order valence-corrected chi connectivity index (χ1v) is 10.6. The minimum absolute atomic E-state index is 0.291. The van der Waals surface area contributed by atoms with Gasteiger partial charge < -0.3 is 5.73 Å². The molecule has 0 aliphatic carbocycles. The van der Waals surface area contributed by atoms with Crippen molar-refractivity contribution < 1.29 is 16.8 Å². The number of hydrogen-bond donors (Lipinski definition) is 1. The van der Waals surface area contributed by atoms with E-state index in [1.165, 1.54) is 10.6 Å². The van der Waals surface area contributed by atoms with Crippen LogP contribution in [-0.4, -0.2) is 64.7 Å². The van der Waals surface area contributed by atoms with Crippen LogP contribution < -0.4 is 5.73 Å². The van der Waals surface area contributed by atoms with Gasteiger partial charge in [0.1, 0.15) is 5.37 Å². The lowest BCUT2D eigenvalue weighted by atomic mass is 10.2. The van der Waals surface area contributed by atoms with E-state index >= 15 is 0 Å². The fourth-order valence-electron chi connectivity index (χ4n) is 2.66. The van der Waals surface area contributed by atoms with Gasteiger partial charge in [-0.1, -0.05) is 12.1 Å². The zero-order valence-electron chi connectivity index (χ0n) is 12.6. The lowest BCUT2D eigenvalue weighted by molar-refractivity contribution is 0.173. The summed E-state index contributed by atoms with van der Waals surface area (Å²) in [4.78, 5) is 1.79. The molecule has 1 aliphatic heterocycles. The number of hydrogen-bond acceptors (Lipinski definition) is 6. The molecule has 0 aromatic heterocycles. The first kappa shape index (κ1) is 17.2. The monoisotopic (exact) mass is 347 g/mol. The summed E-state index contributed by atoms with van der Waals surface area (Å²) in [5, 5.41) is -0.783. The number of benzene rings is 1. The number of piperazine rings is 1. The van der Waals surface area contributed by atoms with Crippen molar-refractivity contribution in [3.05, 3.63) is 29.8 Å².